The lowest BCUT2D eigenvalue weighted by atomic mass is 10.3. The molecular formula is C12H16F2N2O4S. The Morgan fingerprint density at radius 1 is 1.33 bits per heavy atom. The summed E-state index contributed by atoms with van der Waals surface area (Å²) in [4.78, 5) is 10.1. The van der Waals surface area contributed by atoms with Crippen LogP contribution in [0.25, 0.3) is 0 Å². The molecule has 21 heavy (non-hydrogen) atoms. The second kappa shape index (κ2) is 6.35. The Labute approximate surface area is 121 Å². The molecule has 0 saturated heterocycles. The van der Waals surface area contributed by atoms with Gasteiger partial charge in [0.1, 0.15) is 18.2 Å². The van der Waals surface area contributed by atoms with Crippen molar-refractivity contribution in [3.8, 4) is 0 Å². The molecule has 6 nitrogen and oxygen atoms in total. The molecule has 0 aliphatic heterocycles. The number of methoxy groups -OCH3 is 1. The molecule has 0 unspecified atom stereocenters. The SMILES string of the molecule is COC(=O)CN(C(C)C)S(=O)(=O)c1c(F)cc(N)cc1F. The van der Waals surface area contributed by atoms with Crippen molar-refractivity contribution < 1.29 is 26.7 Å². The molecule has 1 aromatic rings. The lowest BCUT2D eigenvalue weighted by molar-refractivity contribution is -0.141. The maximum Gasteiger partial charge on any atom is 0.321 e. The number of hydrogen-bond donors (Lipinski definition) is 1. The molecule has 9 heteroatoms. The van der Waals surface area contributed by atoms with Gasteiger partial charge in [-0.05, 0) is 26.0 Å². The van der Waals surface area contributed by atoms with Crippen molar-refractivity contribution in [3.63, 3.8) is 0 Å². The fourth-order valence-corrected chi connectivity index (χ4v) is 3.36. The van der Waals surface area contributed by atoms with Gasteiger partial charge in [-0.15, -0.1) is 0 Å². The van der Waals surface area contributed by atoms with E-state index in [1.807, 2.05) is 0 Å². The number of benzene rings is 1. The number of nitrogens with two attached hydrogens (primary N) is 1. The summed E-state index contributed by atoms with van der Waals surface area (Å²) in [5.74, 6) is -3.48. The van der Waals surface area contributed by atoms with Crippen molar-refractivity contribution >= 4 is 21.7 Å². The molecule has 0 fully saturated rings. The Hall–Kier alpha value is -1.74. The van der Waals surface area contributed by atoms with Crippen molar-refractivity contribution in [1.82, 2.24) is 4.31 Å². The van der Waals surface area contributed by atoms with Gasteiger partial charge in [-0.3, -0.25) is 4.79 Å². The normalized spacial score (nSPS) is 12.0. The zero-order valence-electron chi connectivity index (χ0n) is 11.8. The van der Waals surface area contributed by atoms with Crippen LogP contribution >= 0.6 is 0 Å². The highest BCUT2D eigenvalue weighted by molar-refractivity contribution is 7.89. The van der Waals surface area contributed by atoms with E-state index in [0.717, 1.165) is 7.11 Å². The fraction of sp³-hybridized carbons (Fsp3) is 0.417. The number of anilines is 1. The second-order valence-corrected chi connectivity index (χ2v) is 6.36. The minimum atomic E-state index is -4.56. The van der Waals surface area contributed by atoms with Crippen LogP contribution in [0.5, 0.6) is 0 Å². The van der Waals surface area contributed by atoms with Crippen LogP contribution < -0.4 is 5.73 Å². The first-order chi connectivity index (χ1) is 9.61. The fourth-order valence-electron chi connectivity index (χ4n) is 1.68. The van der Waals surface area contributed by atoms with E-state index in [0.29, 0.717) is 16.4 Å². The summed E-state index contributed by atoms with van der Waals surface area (Å²) in [7, 11) is -3.48. The molecule has 0 amide bonds. The van der Waals surface area contributed by atoms with E-state index in [4.69, 9.17) is 5.73 Å². The molecule has 2 N–H and O–H groups in total. The molecule has 0 heterocycles. The second-order valence-electron chi connectivity index (χ2n) is 4.53. The van der Waals surface area contributed by atoms with Gasteiger partial charge in [0.2, 0.25) is 10.0 Å². The number of carbonyl (C=O) groups excluding carboxylic acids is 1. The third kappa shape index (κ3) is 3.67. The van der Waals surface area contributed by atoms with Crippen LogP contribution in [0.4, 0.5) is 14.5 Å². The average molecular weight is 322 g/mol. The zero-order chi connectivity index (χ0) is 16.4. The maximum absolute atomic E-state index is 13.8. The minimum Gasteiger partial charge on any atom is -0.468 e. The van der Waals surface area contributed by atoms with E-state index in [-0.39, 0.29) is 5.69 Å². The van der Waals surface area contributed by atoms with Crippen molar-refractivity contribution in [1.29, 1.82) is 0 Å². The summed E-state index contributed by atoms with van der Waals surface area (Å²) in [6.07, 6.45) is 0. The number of hydrogen-bond acceptors (Lipinski definition) is 5. The van der Waals surface area contributed by atoms with E-state index in [1.54, 1.807) is 0 Å². The zero-order valence-corrected chi connectivity index (χ0v) is 12.6. The van der Waals surface area contributed by atoms with Crippen LogP contribution in [0.1, 0.15) is 13.8 Å². The molecular weight excluding hydrogens is 306 g/mol. The van der Waals surface area contributed by atoms with E-state index in [9.17, 15) is 22.0 Å². The molecule has 0 spiro atoms. The lowest BCUT2D eigenvalue weighted by Gasteiger charge is -2.25. The van der Waals surface area contributed by atoms with Gasteiger partial charge >= 0.3 is 5.97 Å². The highest BCUT2D eigenvalue weighted by Gasteiger charge is 2.34. The smallest absolute Gasteiger partial charge is 0.321 e. The molecule has 0 saturated carbocycles. The largest absolute Gasteiger partial charge is 0.468 e. The van der Waals surface area contributed by atoms with Crippen LogP contribution in [0.3, 0.4) is 0 Å². The van der Waals surface area contributed by atoms with Gasteiger partial charge in [0, 0.05) is 11.7 Å². The van der Waals surface area contributed by atoms with Crippen LogP contribution in [-0.4, -0.2) is 38.4 Å². The van der Waals surface area contributed by atoms with Gasteiger partial charge in [-0.2, -0.15) is 4.31 Å². The Morgan fingerprint density at radius 2 is 1.81 bits per heavy atom. The number of esters is 1. The Bertz CT molecular complexity index is 624. The quantitative estimate of drug-likeness (QED) is 0.648. The first-order valence-electron chi connectivity index (χ1n) is 5.94. The predicted molar refractivity (Wildman–Crippen MR) is 71.8 cm³/mol. The summed E-state index contributed by atoms with van der Waals surface area (Å²) in [5.41, 5.74) is 5.00. The number of ether oxygens (including phenoxy) is 1. The standard InChI is InChI=1S/C12H16F2N2O4S/c1-7(2)16(6-11(17)20-3)21(18,19)12-9(13)4-8(15)5-10(12)14/h4-5,7H,6,15H2,1-3H3. The summed E-state index contributed by atoms with van der Waals surface area (Å²) in [6.45, 7) is 2.28. The van der Waals surface area contributed by atoms with Gasteiger partial charge in [0.25, 0.3) is 0 Å². The lowest BCUT2D eigenvalue weighted by Crippen LogP contribution is -2.41. The molecule has 1 rings (SSSR count). The first-order valence-corrected chi connectivity index (χ1v) is 7.38. The van der Waals surface area contributed by atoms with Crippen molar-refractivity contribution in [2.75, 3.05) is 19.4 Å². The van der Waals surface area contributed by atoms with Gasteiger partial charge in [-0.1, -0.05) is 0 Å². The van der Waals surface area contributed by atoms with Crippen LogP contribution in [-0.2, 0) is 19.6 Å². The molecule has 0 aliphatic carbocycles. The van der Waals surface area contributed by atoms with Crippen LogP contribution in [0.15, 0.2) is 17.0 Å². The molecule has 1 aromatic carbocycles. The summed E-state index contributed by atoms with van der Waals surface area (Å²) < 4.78 is 57.4. The van der Waals surface area contributed by atoms with Crippen molar-refractivity contribution in [2.45, 2.75) is 24.8 Å². The third-order valence-electron chi connectivity index (χ3n) is 2.68. The van der Waals surface area contributed by atoms with Gasteiger partial charge < -0.3 is 10.5 Å². The van der Waals surface area contributed by atoms with Crippen molar-refractivity contribution in [3.05, 3.63) is 23.8 Å². The number of sulfonamides is 1. The van der Waals surface area contributed by atoms with Gasteiger partial charge in [0.05, 0.1) is 7.11 Å². The van der Waals surface area contributed by atoms with Gasteiger partial charge in [0.15, 0.2) is 4.90 Å². The summed E-state index contributed by atoms with van der Waals surface area (Å²) in [5, 5.41) is 0. The van der Waals surface area contributed by atoms with E-state index < -0.39 is 45.1 Å². The van der Waals surface area contributed by atoms with E-state index >= 15 is 0 Å². The van der Waals surface area contributed by atoms with Crippen LogP contribution in [0, 0.1) is 11.6 Å². The van der Waals surface area contributed by atoms with Crippen LogP contribution in [0.2, 0.25) is 0 Å². The number of carbonyl (C=O) groups is 1. The number of nitrogens with zero attached hydrogens (tertiary/aromatic N) is 1. The summed E-state index contributed by atoms with van der Waals surface area (Å²) >= 11 is 0. The van der Waals surface area contributed by atoms with Crippen molar-refractivity contribution in [2.24, 2.45) is 0 Å². The Morgan fingerprint density at radius 3 is 2.19 bits per heavy atom. The van der Waals surface area contributed by atoms with Gasteiger partial charge in [-0.25, -0.2) is 17.2 Å². The highest BCUT2D eigenvalue weighted by atomic mass is 32.2. The Balaban J connectivity index is 3.40. The number of halogens is 2. The minimum absolute atomic E-state index is 0.243. The molecule has 0 aliphatic rings. The third-order valence-corrected chi connectivity index (χ3v) is 4.75. The predicted octanol–water partition coefficient (Wildman–Crippen LogP) is 1.12. The molecule has 0 atom stereocenters. The topological polar surface area (TPSA) is 89.7 Å². The molecule has 0 aromatic heterocycles. The maximum atomic E-state index is 13.8. The summed E-state index contributed by atoms with van der Waals surface area (Å²) in [6, 6.07) is 0.699. The Kier molecular flexibility index (Phi) is 5.24. The molecule has 0 radical (unpaired) electrons. The first kappa shape index (κ1) is 17.3. The molecule has 118 valence electrons. The highest BCUT2D eigenvalue weighted by Crippen LogP contribution is 2.26. The van der Waals surface area contributed by atoms with E-state index in [2.05, 4.69) is 4.74 Å². The van der Waals surface area contributed by atoms with E-state index in [1.165, 1.54) is 13.8 Å². The number of nitrogen functional groups attached to an aromatic ring is 1. The molecule has 0 bridgehead atoms. The number of rotatable bonds is 5. The average Bonchev–Trinajstić information content (AvgIpc) is 2.33. The monoisotopic (exact) mass is 322 g/mol.